The number of hydrogen-bond donors (Lipinski definition) is 0. The first-order chi connectivity index (χ1) is 11.6. The van der Waals surface area contributed by atoms with Crippen molar-refractivity contribution >= 4 is 27.8 Å². The molecule has 0 spiro atoms. The van der Waals surface area contributed by atoms with Gasteiger partial charge in [-0.2, -0.15) is 0 Å². The van der Waals surface area contributed by atoms with Gasteiger partial charge in [-0.1, -0.05) is 0 Å². The average molecular weight is 363 g/mol. The van der Waals surface area contributed by atoms with E-state index in [1.807, 2.05) is 0 Å². The molecule has 2 aromatic carbocycles. The normalized spacial score (nSPS) is 13.4. The van der Waals surface area contributed by atoms with Crippen LogP contribution in [-0.2, 0) is 0 Å². The molecule has 0 aromatic heterocycles. The summed E-state index contributed by atoms with van der Waals surface area (Å²) in [6, 6.07) is 21.9. The third kappa shape index (κ3) is 4.22. The van der Waals surface area contributed by atoms with Crippen LogP contribution in [-0.4, -0.2) is 12.3 Å². The molecule has 24 heavy (non-hydrogen) atoms. The SMILES string of the molecule is CCCCCP(Cl)(CCCCC)(c1ccccc1)c1ccccc1. The fourth-order valence-corrected chi connectivity index (χ4v) is 10.1. The summed E-state index contributed by atoms with van der Waals surface area (Å²) in [6.07, 6.45) is 9.68. The van der Waals surface area contributed by atoms with Crippen LogP contribution < -0.4 is 10.6 Å². The molecular weight excluding hydrogens is 331 g/mol. The van der Waals surface area contributed by atoms with E-state index in [0.717, 1.165) is 12.3 Å². The first-order valence-electron chi connectivity index (χ1n) is 9.48. The van der Waals surface area contributed by atoms with Crippen LogP contribution in [0.25, 0.3) is 0 Å². The first-order valence-corrected chi connectivity index (χ1v) is 13.0. The summed E-state index contributed by atoms with van der Waals surface area (Å²) >= 11 is 7.85. The third-order valence-corrected chi connectivity index (χ3v) is 12.8. The molecule has 132 valence electrons. The zero-order valence-electron chi connectivity index (χ0n) is 15.3. The van der Waals surface area contributed by atoms with Gasteiger partial charge < -0.3 is 0 Å². The summed E-state index contributed by atoms with van der Waals surface area (Å²) in [4.78, 5) is 0. The van der Waals surface area contributed by atoms with E-state index < -0.39 is 5.96 Å². The number of rotatable bonds is 10. The third-order valence-electron chi connectivity index (χ3n) is 5.15. The summed E-state index contributed by atoms with van der Waals surface area (Å²) < 4.78 is 0. The van der Waals surface area contributed by atoms with Crippen LogP contribution in [0.15, 0.2) is 60.7 Å². The second-order valence-corrected chi connectivity index (χ2v) is 14.0. The molecule has 2 aromatic rings. The monoisotopic (exact) mass is 362 g/mol. The standard InChI is InChI=1S/C22H32ClP/c1-3-5-13-19-24(23,20-14-6-4-2,21-15-9-7-10-16-21)22-17-11-8-12-18-22/h7-12,15-18H,3-6,13-14,19-20H2,1-2H3. The van der Waals surface area contributed by atoms with Crippen molar-refractivity contribution in [1.29, 1.82) is 0 Å². The van der Waals surface area contributed by atoms with Crippen molar-refractivity contribution < 1.29 is 0 Å². The molecular formula is C22H32ClP. The van der Waals surface area contributed by atoms with Gasteiger partial charge in [-0.05, 0) is 0 Å². The Labute approximate surface area is 153 Å². The van der Waals surface area contributed by atoms with Crippen molar-refractivity contribution in [2.75, 3.05) is 12.3 Å². The van der Waals surface area contributed by atoms with Gasteiger partial charge in [0.25, 0.3) is 0 Å². The second-order valence-electron chi connectivity index (χ2n) is 6.91. The topological polar surface area (TPSA) is 0 Å². The van der Waals surface area contributed by atoms with Gasteiger partial charge >= 0.3 is 153 Å². The van der Waals surface area contributed by atoms with Crippen LogP contribution in [0.4, 0.5) is 0 Å². The van der Waals surface area contributed by atoms with Crippen LogP contribution in [0.2, 0.25) is 0 Å². The molecule has 2 rings (SSSR count). The van der Waals surface area contributed by atoms with Gasteiger partial charge in [0.1, 0.15) is 0 Å². The predicted molar refractivity (Wildman–Crippen MR) is 114 cm³/mol. The van der Waals surface area contributed by atoms with Crippen molar-refractivity contribution in [3.05, 3.63) is 60.7 Å². The van der Waals surface area contributed by atoms with Crippen molar-refractivity contribution in [3.63, 3.8) is 0 Å². The quantitative estimate of drug-likeness (QED) is 0.325. The second kappa shape index (κ2) is 9.02. The molecule has 0 fully saturated rings. The molecule has 0 aliphatic rings. The van der Waals surface area contributed by atoms with E-state index in [4.69, 9.17) is 11.2 Å². The summed E-state index contributed by atoms with van der Waals surface area (Å²) in [5.41, 5.74) is 0. The predicted octanol–water partition coefficient (Wildman–Crippen LogP) is 6.72. The van der Waals surface area contributed by atoms with Gasteiger partial charge in [0, 0.05) is 0 Å². The average Bonchev–Trinajstić information content (AvgIpc) is 2.64. The molecule has 0 aliphatic heterocycles. The van der Waals surface area contributed by atoms with E-state index in [2.05, 4.69) is 74.5 Å². The van der Waals surface area contributed by atoms with Crippen LogP contribution >= 0.6 is 17.2 Å². The van der Waals surface area contributed by atoms with Gasteiger partial charge in [0.2, 0.25) is 0 Å². The molecule has 0 unspecified atom stereocenters. The zero-order valence-corrected chi connectivity index (χ0v) is 16.9. The van der Waals surface area contributed by atoms with Crippen LogP contribution in [0.5, 0.6) is 0 Å². The van der Waals surface area contributed by atoms with Crippen molar-refractivity contribution in [1.82, 2.24) is 0 Å². The molecule has 0 heterocycles. The molecule has 0 radical (unpaired) electrons. The molecule has 0 saturated heterocycles. The Morgan fingerprint density at radius 3 is 1.33 bits per heavy atom. The van der Waals surface area contributed by atoms with E-state index >= 15 is 0 Å². The summed E-state index contributed by atoms with van der Waals surface area (Å²) in [5, 5.41) is 2.76. The van der Waals surface area contributed by atoms with E-state index in [-0.39, 0.29) is 0 Å². The summed E-state index contributed by atoms with van der Waals surface area (Å²) in [5.74, 6) is -2.65. The molecule has 0 atom stereocenters. The maximum absolute atomic E-state index is 7.85. The van der Waals surface area contributed by atoms with E-state index in [1.54, 1.807) is 0 Å². The number of unbranched alkanes of at least 4 members (excludes halogenated alkanes) is 4. The van der Waals surface area contributed by atoms with Crippen molar-refractivity contribution in [3.8, 4) is 0 Å². The molecule has 0 saturated carbocycles. The Balaban J connectivity index is 2.54. The Morgan fingerprint density at radius 1 is 0.625 bits per heavy atom. The molecule has 0 N–H and O–H groups in total. The maximum atomic E-state index is 7.85. The van der Waals surface area contributed by atoms with E-state index in [1.165, 1.54) is 49.1 Å². The number of hydrogen-bond acceptors (Lipinski definition) is 0. The minimum atomic E-state index is -2.65. The first kappa shape index (κ1) is 19.5. The molecule has 0 nitrogen and oxygen atoms in total. The fourth-order valence-electron chi connectivity index (χ4n) is 3.70. The number of halogens is 1. The molecule has 0 bridgehead atoms. The fraction of sp³-hybridized carbons (Fsp3) is 0.455. The number of benzene rings is 2. The summed E-state index contributed by atoms with van der Waals surface area (Å²) in [6.45, 7) is 4.54. The Hall–Kier alpha value is -0.840. The Morgan fingerprint density at radius 2 is 1.00 bits per heavy atom. The molecule has 0 amide bonds. The van der Waals surface area contributed by atoms with E-state index in [9.17, 15) is 0 Å². The van der Waals surface area contributed by atoms with Gasteiger partial charge in [-0.15, -0.1) is 0 Å². The minimum absolute atomic E-state index is 1.12. The van der Waals surface area contributed by atoms with Crippen LogP contribution in [0.3, 0.4) is 0 Å². The van der Waals surface area contributed by atoms with Crippen molar-refractivity contribution in [2.45, 2.75) is 52.4 Å². The molecule has 0 aliphatic carbocycles. The van der Waals surface area contributed by atoms with Gasteiger partial charge in [-0.3, -0.25) is 0 Å². The Bertz CT molecular complexity index is 540. The van der Waals surface area contributed by atoms with Crippen molar-refractivity contribution in [2.24, 2.45) is 0 Å². The van der Waals surface area contributed by atoms with Crippen LogP contribution in [0, 0.1) is 0 Å². The van der Waals surface area contributed by atoms with Gasteiger partial charge in [0.05, 0.1) is 0 Å². The van der Waals surface area contributed by atoms with Gasteiger partial charge in [0.15, 0.2) is 0 Å². The van der Waals surface area contributed by atoms with E-state index in [0.29, 0.717) is 0 Å². The zero-order chi connectivity index (χ0) is 17.3. The Kier molecular flexibility index (Phi) is 7.33. The van der Waals surface area contributed by atoms with Gasteiger partial charge in [-0.25, -0.2) is 0 Å². The molecule has 2 heteroatoms. The summed E-state index contributed by atoms with van der Waals surface area (Å²) in [7, 11) is 0. The van der Waals surface area contributed by atoms with Crippen LogP contribution in [0.1, 0.15) is 52.4 Å².